The normalized spacial score (nSPS) is 36.1. The number of amides is 2. The number of benzene rings is 1. The van der Waals surface area contributed by atoms with Crippen molar-refractivity contribution in [3.05, 3.63) is 34.9 Å². The quantitative estimate of drug-likeness (QED) is 0.790. The van der Waals surface area contributed by atoms with Gasteiger partial charge >= 0.3 is 0 Å². The van der Waals surface area contributed by atoms with Crippen LogP contribution >= 0.6 is 0 Å². The molecule has 4 aliphatic carbocycles. The highest BCUT2D eigenvalue weighted by molar-refractivity contribution is 6.05. The lowest BCUT2D eigenvalue weighted by atomic mass is 9.53. The molecule has 1 heterocycles. The van der Waals surface area contributed by atoms with Gasteiger partial charge in [0, 0.05) is 5.56 Å². The molecular weight excluding hydrogens is 336 g/mol. The molecule has 4 heteroatoms. The van der Waals surface area contributed by atoms with Crippen LogP contribution in [0.3, 0.4) is 0 Å². The molecule has 1 aliphatic heterocycles. The molecule has 1 saturated heterocycles. The van der Waals surface area contributed by atoms with E-state index in [0.717, 1.165) is 28.5 Å². The molecule has 144 valence electrons. The zero-order valence-electron chi connectivity index (χ0n) is 16.9. The Labute approximate surface area is 161 Å². The first-order valence-corrected chi connectivity index (χ1v) is 10.5. The van der Waals surface area contributed by atoms with Crippen molar-refractivity contribution in [2.24, 2.45) is 23.7 Å². The molecule has 5 aliphatic rings. The molecular formula is C23H30N2O2. The molecule has 0 spiro atoms. The molecule has 0 unspecified atom stereocenters. The summed E-state index contributed by atoms with van der Waals surface area (Å²) in [7, 11) is 0. The largest absolute Gasteiger partial charge is 0.273 e. The topological polar surface area (TPSA) is 40.6 Å². The molecule has 5 fully saturated rings. The zero-order chi connectivity index (χ0) is 19.1. The summed E-state index contributed by atoms with van der Waals surface area (Å²) in [6, 6.07) is 6.19. The van der Waals surface area contributed by atoms with E-state index in [2.05, 4.69) is 6.07 Å². The second-order valence-electron chi connectivity index (χ2n) is 10.1. The van der Waals surface area contributed by atoms with Gasteiger partial charge in [0.25, 0.3) is 11.8 Å². The summed E-state index contributed by atoms with van der Waals surface area (Å²) in [5.41, 5.74) is 2.11. The van der Waals surface area contributed by atoms with E-state index in [-0.39, 0.29) is 17.9 Å². The summed E-state index contributed by atoms with van der Waals surface area (Å²) in [6.07, 6.45) is 6.37. The van der Waals surface area contributed by atoms with Gasteiger partial charge in [0.15, 0.2) is 0 Å². The lowest BCUT2D eigenvalue weighted by molar-refractivity contribution is -0.230. The SMILES string of the molecule is Cc1ccc(C(=O)N2N(C3C4CC5CC(C4)CC3C5)C(=O)C2(C)C)c(C)c1. The average molecular weight is 367 g/mol. The van der Waals surface area contributed by atoms with Crippen LogP contribution in [0.4, 0.5) is 0 Å². The molecule has 0 radical (unpaired) electrons. The Kier molecular flexibility index (Phi) is 3.57. The monoisotopic (exact) mass is 366 g/mol. The number of aryl methyl sites for hydroxylation is 2. The van der Waals surface area contributed by atoms with Crippen molar-refractivity contribution in [3.63, 3.8) is 0 Å². The molecule has 0 N–H and O–H groups in total. The molecule has 4 bridgehead atoms. The van der Waals surface area contributed by atoms with Crippen molar-refractivity contribution in [2.45, 2.75) is 71.4 Å². The summed E-state index contributed by atoms with van der Waals surface area (Å²) in [5.74, 6) is 2.98. The van der Waals surface area contributed by atoms with Gasteiger partial charge in [0.2, 0.25) is 0 Å². The van der Waals surface area contributed by atoms with Gasteiger partial charge in [-0.05, 0) is 95.1 Å². The molecule has 1 aromatic carbocycles. The lowest BCUT2D eigenvalue weighted by Crippen LogP contribution is -2.80. The number of hydrogen-bond donors (Lipinski definition) is 0. The van der Waals surface area contributed by atoms with E-state index >= 15 is 0 Å². The number of hydrogen-bond acceptors (Lipinski definition) is 2. The average Bonchev–Trinajstić information content (AvgIpc) is 2.59. The maximum absolute atomic E-state index is 13.5. The minimum atomic E-state index is -0.747. The van der Waals surface area contributed by atoms with E-state index in [9.17, 15) is 9.59 Å². The van der Waals surface area contributed by atoms with Crippen LogP contribution < -0.4 is 0 Å². The highest BCUT2D eigenvalue weighted by Gasteiger charge is 2.62. The fraction of sp³-hybridized carbons (Fsp3) is 0.652. The standard InChI is InChI=1S/C23H30N2O2/c1-13-5-6-19(14(2)7-13)21(26)25-23(3,4)22(27)24(25)20-17-9-15-8-16(11-17)12-18(20)10-15/h5-7,15-18,20H,8-12H2,1-4H3. The molecule has 4 nitrogen and oxygen atoms in total. The second kappa shape index (κ2) is 5.59. The fourth-order valence-electron chi connectivity index (χ4n) is 6.77. The Morgan fingerprint density at radius 3 is 2.15 bits per heavy atom. The van der Waals surface area contributed by atoms with Gasteiger partial charge < -0.3 is 0 Å². The fourth-order valence-corrected chi connectivity index (χ4v) is 6.77. The number of carbonyl (C=O) groups is 2. The van der Waals surface area contributed by atoms with Gasteiger partial charge in [-0.2, -0.15) is 0 Å². The maximum atomic E-state index is 13.5. The van der Waals surface area contributed by atoms with Crippen LogP contribution in [0.1, 0.15) is 67.4 Å². The van der Waals surface area contributed by atoms with Crippen molar-refractivity contribution < 1.29 is 9.59 Å². The van der Waals surface area contributed by atoms with E-state index in [1.165, 1.54) is 32.1 Å². The Balaban J connectivity index is 1.49. The Morgan fingerprint density at radius 2 is 1.59 bits per heavy atom. The van der Waals surface area contributed by atoms with Gasteiger partial charge in [-0.1, -0.05) is 17.7 Å². The maximum Gasteiger partial charge on any atom is 0.273 e. The summed E-state index contributed by atoms with van der Waals surface area (Å²) < 4.78 is 0. The predicted molar refractivity (Wildman–Crippen MR) is 104 cm³/mol. The molecule has 0 atom stereocenters. The van der Waals surface area contributed by atoms with Gasteiger partial charge in [0.05, 0.1) is 6.04 Å². The van der Waals surface area contributed by atoms with E-state index in [4.69, 9.17) is 0 Å². The summed E-state index contributed by atoms with van der Waals surface area (Å²) in [5, 5.41) is 3.68. The van der Waals surface area contributed by atoms with Crippen molar-refractivity contribution in [3.8, 4) is 0 Å². The van der Waals surface area contributed by atoms with E-state index in [0.29, 0.717) is 11.8 Å². The van der Waals surface area contributed by atoms with Crippen molar-refractivity contribution >= 4 is 11.8 Å². The number of carbonyl (C=O) groups excluding carboxylic acids is 2. The van der Waals surface area contributed by atoms with Crippen LogP contribution in [-0.4, -0.2) is 33.4 Å². The Morgan fingerprint density at radius 1 is 1.00 bits per heavy atom. The minimum Gasteiger partial charge on any atom is -0.270 e. The van der Waals surface area contributed by atoms with Crippen LogP contribution in [0.2, 0.25) is 0 Å². The van der Waals surface area contributed by atoms with Crippen LogP contribution in [0.25, 0.3) is 0 Å². The summed E-state index contributed by atoms with van der Waals surface area (Å²) in [4.78, 5) is 26.6. The molecule has 6 rings (SSSR count). The van der Waals surface area contributed by atoms with Gasteiger partial charge in [-0.15, -0.1) is 0 Å². The highest BCUT2D eigenvalue weighted by atomic mass is 16.2. The lowest BCUT2D eigenvalue weighted by Gasteiger charge is -2.65. The number of hydrazine groups is 1. The van der Waals surface area contributed by atoms with Crippen LogP contribution in [0, 0.1) is 37.5 Å². The van der Waals surface area contributed by atoms with Crippen LogP contribution in [0.15, 0.2) is 18.2 Å². The smallest absolute Gasteiger partial charge is 0.270 e. The molecule has 1 aromatic rings. The first-order chi connectivity index (χ1) is 12.8. The predicted octanol–water partition coefficient (Wildman–Crippen LogP) is 4.11. The second-order valence-corrected chi connectivity index (χ2v) is 10.1. The summed E-state index contributed by atoms with van der Waals surface area (Å²) in [6.45, 7) is 7.81. The van der Waals surface area contributed by atoms with E-state index < -0.39 is 5.54 Å². The molecule has 2 amide bonds. The Bertz CT molecular complexity index is 800. The Hall–Kier alpha value is -1.84. The van der Waals surface area contributed by atoms with Gasteiger partial charge in [-0.25, -0.2) is 10.0 Å². The third-order valence-corrected chi connectivity index (χ3v) is 7.74. The zero-order valence-corrected chi connectivity index (χ0v) is 16.9. The molecule has 27 heavy (non-hydrogen) atoms. The van der Waals surface area contributed by atoms with Crippen molar-refractivity contribution in [2.75, 3.05) is 0 Å². The highest BCUT2D eigenvalue weighted by Crippen LogP contribution is 2.57. The summed E-state index contributed by atoms with van der Waals surface area (Å²) >= 11 is 0. The van der Waals surface area contributed by atoms with Crippen molar-refractivity contribution in [1.82, 2.24) is 10.0 Å². The van der Waals surface area contributed by atoms with Crippen molar-refractivity contribution in [1.29, 1.82) is 0 Å². The van der Waals surface area contributed by atoms with Gasteiger partial charge in [-0.3, -0.25) is 9.59 Å². The van der Waals surface area contributed by atoms with E-state index in [1.54, 1.807) is 5.01 Å². The first-order valence-electron chi connectivity index (χ1n) is 10.5. The minimum absolute atomic E-state index is 0.0223. The molecule has 4 saturated carbocycles. The van der Waals surface area contributed by atoms with Gasteiger partial charge in [0.1, 0.15) is 5.54 Å². The third kappa shape index (κ3) is 2.34. The number of rotatable bonds is 2. The first kappa shape index (κ1) is 17.3. The number of nitrogens with zero attached hydrogens (tertiary/aromatic N) is 2. The van der Waals surface area contributed by atoms with E-state index in [1.807, 2.05) is 44.8 Å². The van der Waals surface area contributed by atoms with Crippen LogP contribution in [-0.2, 0) is 4.79 Å². The third-order valence-electron chi connectivity index (χ3n) is 7.74. The molecule has 0 aromatic heterocycles. The van der Waals surface area contributed by atoms with Crippen LogP contribution in [0.5, 0.6) is 0 Å².